The quantitative estimate of drug-likeness (QED) is 0.916. The van der Waals surface area contributed by atoms with Gasteiger partial charge >= 0.3 is 0 Å². The third kappa shape index (κ3) is 1.75. The number of amides is 1. The molecule has 1 saturated heterocycles. The Morgan fingerprint density at radius 1 is 1.50 bits per heavy atom. The van der Waals surface area contributed by atoms with Crippen LogP contribution in [0.4, 0.5) is 5.13 Å². The molecule has 7 heteroatoms. The number of methoxy groups -OCH3 is 1. The number of aromatic nitrogens is 1. The largest absolute Gasteiger partial charge is 0.497 e. The van der Waals surface area contributed by atoms with Crippen molar-refractivity contribution < 1.29 is 9.53 Å². The van der Waals surface area contributed by atoms with E-state index < -0.39 is 0 Å². The number of hydrogen-bond acceptors (Lipinski definition) is 6. The van der Waals surface area contributed by atoms with E-state index in [1.165, 1.54) is 28.0 Å². The molecule has 1 amide bonds. The number of rotatable bonds is 2. The van der Waals surface area contributed by atoms with Gasteiger partial charge in [0.05, 0.1) is 23.1 Å². The SMILES string of the molecule is COc1ccc2nc(N3C(=N)SCC3=O)sc2c1. The van der Waals surface area contributed by atoms with Crippen molar-refractivity contribution in [2.45, 2.75) is 0 Å². The second-order valence-corrected chi connectivity index (χ2v) is 5.63. The molecule has 18 heavy (non-hydrogen) atoms. The Morgan fingerprint density at radius 2 is 2.33 bits per heavy atom. The minimum Gasteiger partial charge on any atom is -0.497 e. The summed E-state index contributed by atoms with van der Waals surface area (Å²) in [6, 6.07) is 5.57. The molecular formula is C11H9N3O2S2. The summed E-state index contributed by atoms with van der Waals surface area (Å²) in [7, 11) is 1.61. The van der Waals surface area contributed by atoms with E-state index in [1.54, 1.807) is 7.11 Å². The number of nitrogens with zero attached hydrogens (tertiary/aromatic N) is 2. The van der Waals surface area contributed by atoms with Gasteiger partial charge in [-0.15, -0.1) is 0 Å². The van der Waals surface area contributed by atoms with E-state index in [1.807, 2.05) is 18.2 Å². The van der Waals surface area contributed by atoms with Crippen molar-refractivity contribution in [3.05, 3.63) is 18.2 Å². The molecule has 1 aromatic heterocycles. The lowest BCUT2D eigenvalue weighted by molar-refractivity contribution is -0.115. The third-order valence-corrected chi connectivity index (χ3v) is 4.41. The van der Waals surface area contributed by atoms with Gasteiger partial charge in [-0.3, -0.25) is 10.2 Å². The Hall–Kier alpha value is -1.60. The smallest absolute Gasteiger partial charge is 0.245 e. The number of thiazole rings is 1. The van der Waals surface area contributed by atoms with Gasteiger partial charge in [-0.2, -0.15) is 0 Å². The molecule has 0 aliphatic carbocycles. The summed E-state index contributed by atoms with van der Waals surface area (Å²) in [5.41, 5.74) is 0.813. The lowest BCUT2D eigenvalue weighted by Gasteiger charge is -2.09. The van der Waals surface area contributed by atoms with E-state index in [-0.39, 0.29) is 11.1 Å². The topological polar surface area (TPSA) is 66.3 Å². The summed E-state index contributed by atoms with van der Waals surface area (Å²) >= 11 is 2.62. The van der Waals surface area contributed by atoms with Crippen molar-refractivity contribution in [1.82, 2.24) is 4.98 Å². The number of hydrogen-bond donors (Lipinski definition) is 1. The predicted molar refractivity (Wildman–Crippen MR) is 73.8 cm³/mol. The van der Waals surface area contributed by atoms with Crippen LogP contribution in [-0.2, 0) is 4.79 Å². The van der Waals surface area contributed by atoms with Gasteiger partial charge in [0.25, 0.3) is 0 Å². The zero-order valence-corrected chi connectivity index (χ0v) is 11.1. The molecule has 0 saturated carbocycles. The van der Waals surface area contributed by atoms with Gasteiger partial charge in [0, 0.05) is 0 Å². The van der Waals surface area contributed by atoms with Crippen LogP contribution < -0.4 is 9.64 Å². The first-order valence-electron chi connectivity index (χ1n) is 5.18. The Bertz CT molecular complexity index is 637. The van der Waals surface area contributed by atoms with Crippen molar-refractivity contribution in [1.29, 1.82) is 5.41 Å². The number of amidine groups is 1. The molecule has 0 unspecified atom stereocenters. The van der Waals surface area contributed by atoms with Crippen LogP contribution in [-0.4, -0.2) is 28.9 Å². The Labute approximate surface area is 111 Å². The lowest BCUT2D eigenvalue weighted by Crippen LogP contribution is -2.28. The van der Waals surface area contributed by atoms with Gasteiger partial charge in [-0.1, -0.05) is 23.1 Å². The molecule has 1 fully saturated rings. The maximum Gasteiger partial charge on any atom is 0.245 e. The van der Waals surface area contributed by atoms with Crippen molar-refractivity contribution in [2.24, 2.45) is 0 Å². The molecule has 0 bridgehead atoms. The highest BCUT2D eigenvalue weighted by Gasteiger charge is 2.30. The molecule has 2 heterocycles. The maximum atomic E-state index is 11.7. The standard InChI is InChI=1S/C11H9N3O2S2/c1-16-6-2-3-7-8(4-6)18-11(13-7)14-9(15)5-17-10(14)12/h2-4,12H,5H2,1H3. The van der Waals surface area contributed by atoms with Crippen molar-refractivity contribution in [3.8, 4) is 5.75 Å². The maximum absolute atomic E-state index is 11.7. The molecule has 3 rings (SSSR count). The van der Waals surface area contributed by atoms with Crippen molar-refractivity contribution >= 4 is 49.5 Å². The number of ether oxygens (including phenoxy) is 1. The van der Waals surface area contributed by atoms with E-state index in [4.69, 9.17) is 10.1 Å². The van der Waals surface area contributed by atoms with Gasteiger partial charge in [-0.05, 0) is 18.2 Å². The summed E-state index contributed by atoms with van der Waals surface area (Å²) in [6.45, 7) is 0. The number of carbonyl (C=O) groups is 1. The van der Waals surface area contributed by atoms with Gasteiger partial charge < -0.3 is 4.74 Å². The molecule has 5 nitrogen and oxygen atoms in total. The molecule has 1 N–H and O–H groups in total. The van der Waals surface area contributed by atoms with Crippen molar-refractivity contribution in [3.63, 3.8) is 0 Å². The summed E-state index contributed by atoms with van der Waals surface area (Å²) in [4.78, 5) is 17.4. The van der Waals surface area contributed by atoms with Crippen molar-refractivity contribution in [2.75, 3.05) is 17.8 Å². The van der Waals surface area contributed by atoms with Gasteiger partial charge in [0.2, 0.25) is 5.91 Å². The summed E-state index contributed by atoms with van der Waals surface area (Å²) in [6.07, 6.45) is 0. The second-order valence-electron chi connectivity index (χ2n) is 3.65. The second kappa shape index (κ2) is 4.25. The van der Waals surface area contributed by atoms with Crippen LogP contribution in [0.1, 0.15) is 0 Å². The highest BCUT2D eigenvalue weighted by atomic mass is 32.2. The predicted octanol–water partition coefficient (Wildman–Crippen LogP) is 2.32. The monoisotopic (exact) mass is 279 g/mol. The highest BCUT2D eigenvalue weighted by Crippen LogP contribution is 2.34. The Kier molecular flexibility index (Phi) is 2.71. The first-order valence-corrected chi connectivity index (χ1v) is 6.98. The molecular weight excluding hydrogens is 270 g/mol. The molecule has 0 spiro atoms. The highest BCUT2D eigenvalue weighted by molar-refractivity contribution is 8.15. The number of fused-ring (bicyclic) bond motifs is 1. The summed E-state index contributed by atoms with van der Waals surface area (Å²) in [5.74, 6) is 0.990. The van der Waals surface area contributed by atoms with Gasteiger partial charge in [0.15, 0.2) is 10.3 Å². The summed E-state index contributed by atoms with van der Waals surface area (Å²) < 4.78 is 6.10. The Balaban J connectivity index is 2.08. The Morgan fingerprint density at radius 3 is 3.00 bits per heavy atom. The average Bonchev–Trinajstić information content (AvgIpc) is 2.91. The van der Waals surface area contributed by atoms with E-state index in [0.717, 1.165) is 16.0 Å². The minimum absolute atomic E-state index is 0.0870. The van der Waals surface area contributed by atoms with E-state index in [2.05, 4.69) is 4.98 Å². The fraction of sp³-hybridized carbons (Fsp3) is 0.182. The third-order valence-electron chi connectivity index (χ3n) is 2.56. The number of anilines is 1. The lowest BCUT2D eigenvalue weighted by atomic mass is 10.3. The number of thioether (sulfide) groups is 1. The molecule has 0 atom stereocenters. The summed E-state index contributed by atoms with van der Waals surface area (Å²) in [5, 5.41) is 8.53. The van der Waals surface area contributed by atoms with E-state index in [0.29, 0.717) is 10.9 Å². The molecule has 1 aliphatic rings. The fourth-order valence-electron chi connectivity index (χ4n) is 1.68. The van der Waals surface area contributed by atoms with Crippen LogP contribution in [0.3, 0.4) is 0 Å². The molecule has 92 valence electrons. The molecule has 2 aromatic rings. The van der Waals surface area contributed by atoms with Crippen LogP contribution in [0, 0.1) is 5.41 Å². The van der Waals surface area contributed by atoms with Gasteiger partial charge in [-0.25, -0.2) is 9.88 Å². The van der Waals surface area contributed by atoms with Crippen LogP contribution in [0.5, 0.6) is 5.75 Å². The molecule has 1 aromatic carbocycles. The first-order chi connectivity index (χ1) is 8.69. The number of carbonyl (C=O) groups excluding carboxylic acids is 1. The van der Waals surface area contributed by atoms with Crippen LogP contribution in [0.2, 0.25) is 0 Å². The molecule has 0 radical (unpaired) electrons. The average molecular weight is 279 g/mol. The zero-order valence-electron chi connectivity index (χ0n) is 9.47. The minimum atomic E-state index is -0.0870. The van der Waals surface area contributed by atoms with Crippen LogP contribution >= 0.6 is 23.1 Å². The number of nitrogens with one attached hydrogen (secondary N) is 1. The first kappa shape index (κ1) is 11.5. The normalized spacial score (nSPS) is 15.7. The van der Waals surface area contributed by atoms with Crippen LogP contribution in [0.25, 0.3) is 10.2 Å². The fourth-order valence-corrected chi connectivity index (χ4v) is 3.46. The van der Waals surface area contributed by atoms with Gasteiger partial charge in [0.1, 0.15) is 5.75 Å². The number of benzene rings is 1. The van der Waals surface area contributed by atoms with E-state index in [9.17, 15) is 4.79 Å². The van der Waals surface area contributed by atoms with Crippen LogP contribution in [0.15, 0.2) is 18.2 Å². The van der Waals surface area contributed by atoms with E-state index >= 15 is 0 Å². The molecule has 1 aliphatic heterocycles. The zero-order chi connectivity index (χ0) is 12.7.